The summed E-state index contributed by atoms with van der Waals surface area (Å²) in [5, 5.41) is 12.6. The highest BCUT2D eigenvalue weighted by Gasteiger charge is 2.19. The summed E-state index contributed by atoms with van der Waals surface area (Å²) in [4.78, 5) is 19.0. The van der Waals surface area contributed by atoms with E-state index in [0.29, 0.717) is 15.9 Å². The second-order valence-electron chi connectivity index (χ2n) is 4.65. The van der Waals surface area contributed by atoms with E-state index in [1.54, 1.807) is 6.07 Å². The predicted molar refractivity (Wildman–Crippen MR) is 85.5 cm³/mol. The van der Waals surface area contributed by atoms with Gasteiger partial charge in [-0.25, -0.2) is 19.2 Å². The number of carbonyl (C=O) groups is 1. The Kier molecular flexibility index (Phi) is 4.40. The third-order valence-corrected chi connectivity index (χ3v) is 3.42. The number of ether oxygens (including phenoxy) is 1. The summed E-state index contributed by atoms with van der Waals surface area (Å²) < 4.78 is 24.1. The SMILES string of the molecule is N#Cc1ccc(-c2cc(-c3nc(Br)cnc3OC(N)=O)on2)cc1F. The molecule has 0 atom stereocenters. The van der Waals surface area contributed by atoms with Gasteiger partial charge in [0.05, 0.1) is 11.8 Å². The summed E-state index contributed by atoms with van der Waals surface area (Å²) in [7, 11) is 0. The highest BCUT2D eigenvalue weighted by molar-refractivity contribution is 9.10. The summed E-state index contributed by atoms with van der Waals surface area (Å²) in [6, 6.07) is 7.22. The van der Waals surface area contributed by atoms with Crippen LogP contribution in [0.15, 0.2) is 39.6 Å². The molecule has 3 aromatic rings. The van der Waals surface area contributed by atoms with Gasteiger partial charge in [-0.15, -0.1) is 0 Å². The Morgan fingerprint density at radius 2 is 2.20 bits per heavy atom. The lowest BCUT2D eigenvalue weighted by Crippen LogP contribution is -2.17. The van der Waals surface area contributed by atoms with Crippen molar-refractivity contribution in [1.29, 1.82) is 5.26 Å². The maximum atomic E-state index is 13.7. The van der Waals surface area contributed by atoms with Gasteiger partial charge in [0.15, 0.2) is 11.5 Å². The first-order valence-electron chi connectivity index (χ1n) is 6.65. The van der Waals surface area contributed by atoms with Gasteiger partial charge in [0.25, 0.3) is 5.88 Å². The molecule has 0 unspecified atom stereocenters. The van der Waals surface area contributed by atoms with Gasteiger partial charge in [0.1, 0.15) is 22.2 Å². The molecule has 25 heavy (non-hydrogen) atoms. The first kappa shape index (κ1) is 16.5. The minimum atomic E-state index is -1.06. The molecule has 124 valence electrons. The molecule has 0 aliphatic rings. The van der Waals surface area contributed by atoms with Crippen LogP contribution in [-0.4, -0.2) is 21.2 Å². The van der Waals surface area contributed by atoms with Crippen LogP contribution in [0.1, 0.15) is 5.56 Å². The number of nitrogens with zero attached hydrogens (tertiary/aromatic N) is 4. The van der Waals surface area contributed by atoms with Crippen LogP contribution < -0.4 is 10.5 Å². The third kappa shape index (κ3) is 3.46. The number of aromatic nitrogens is 3. The van der Waals surface area contributed by atoms with Crippen LogP contribution >= 0.6 is 15.9 Å². The normalized spacial score (nSPS) is 10.3. The summed E-state index contributed by atoms with van der Waals surface area (Å²) in [6.07, 6.45) is 0.251. The Hall–Kier alpha value is -3.32. The number of nitriles is 1. The molecule has 0 saturated heterocycles. The fourth-order valence-electron chi connectivity index (χ4n) is 1.97. The van der Waals surface area contributed by atoms with Crippen molar-refractivity contribution in [1.82, 2.24) is 15.1 Å². The lowest BCUT2D eigenvalue weighted by molar-refractivity contribution is 0.209. The summed E-state index contributed by atoms with van der Waals surface area (Å²) in [5.74, 6) is -0.709. The number of hydrogen-bond donors (Lipinski definition) is 1. The molecule has 8 nitrogen and oxygen atoms in total. The predicted octanol–water partition coefficient (Wildman–Crippen LogP) is 3.03. The molecule has 0 radical (unpaired) electrons. The maximum Gasteiger partial charge on any atom is 0.411 e. The summed E-state index contributed by atoms with van der Waals surface area (Å²) >= 11 is 3.15. The van der Waals surface area contributed by atoms with Gasteiger partial charge in [-0.05, 0) is 28.1 Å². The lowest BCUT2D eigenvalue weighted by Gasteiger charge is -2.03. The number of hydrogen-bond acceptors (Lipinski definition) is 7. The second-order valence-corrected chi connectivity index (χ2v) is 5.46. The Morgan fingerprint density at radius 3 is 2.88 bits per heavy atom. The highest BCUT2D eigenvalue weighted by atomic mass is 79.9. The number of nitrogens with two attached hydrogens (primary N) is 1. The van der Waals surface area contributed by atoms with Crippen molar-refractivity contribution in [3.05, 3.63) is 46.4 Å². The molecule has 2 N–H and O–H groups in total. The van der Waals surface area contributed by atoms with E-state index in [2.05, 4.69) is 31.1 Å². The highest BCUT2D eigenvalue weighted by Crippen LogP contribution is 2.31. The second kappa shape index (κ2) is 6.66. The number of rotatable bonds is 3. The zero-order valence-electron chi connectivity index (χ0n) is 12.2. The quantitative estimate of drug-likeness (QED) is 0.711. The van der Waals surface area contributed by atoms with Gasteiger partial charge in [-0.2, -0.15) is 5.26 Å². The number of halogens is 2. The van der Waals surface area contributed by atoms with Crippen LogP contribution in [0.25, 0.3) is 22.7 Å². The van der Waals surface area contributed by atoms with Crippen molar-refractivity contribution < 1.29 is 18.4 Å². The van der Waals surface area contributed by atoms with Crippen molar-refractivity contribution in [3.8, 4) is 34.7 Å². The number of primary amides is 1. The Morgan fingerprint density at radius 1 is 1.40 bits per heavy atom. The monoisotopic (exact) mass is 403 g/mol. The molecule has 0 aliphatic carbocycles. The molecule has 1 amide bonds. The molecular weight excluding hydrogens is 397 g/mol. The molecule has 2 heterocycles. The minimum absolute atomic E-state index is 0.0810. The van der Waals surface area contributed by atoms with Crippen LogP contribution in [0.3, 0.4) is 0 Å². The van der Waals surface area contributed by atoms with Crippen LogP contribution in [0, 0.1) is 17.1 Å². The fourth-order valence-corrected chi connectivity index (χ4v) is 2.25. The van der Waals surface area contributed by atoms with E-state index in [-0.39, 0.29) is 22.9 Å². The van der Waals surface area contributed by atoms with E-state index in [4.69, 9.17) is 20.3 Å². The molecule has 0 bridgehead atoms. The summed E-state index contributed by atoms with van der Waals surface area (Å²) in [6.45, 7) is 0. The van der Waals surface area contributed by atoms with Gasteiger partial charge in [0.2, 0.25) is 0 Å². The molecule has 0 fully saturated rings. The first-order chi connectivity index (χ1) is 12.0. The average molecular weight is 404 g/mol. The van der Waals surface area contributed by atoms with Crippen molar-refractivity contribution >= 4 is 22.0 Å². The topological polar surface area (TPSA) is 128 Å². The number of carbonyl (C=O) groups excluding carboxylic acids is 1. The van der Waals surface area contributed by atoms with E-state index < -0.39 is 11.9 Å². The molecule has 1 aromatic carbocycles. The lowest BCUT2D eigenvalue weighted by atomic mass is 10.1. The van der Waals surface area contributed by atoms with Gasteiger partial charge in [-0.1, -0.05) is 11.2 Å². The van der Waals surface area contributed by atoms with Crippen LogP contribution in [0.5, 0.6) is 5.88 Å². The standard InChI is InChI=1S/C15H7BrFN5O3/c16-12-6-20-14(24-15(19)23)13(21-12)11-4-10(22-25-11)7-1-2-8(5-18)9(17)3-7/h1-4,6H,(H2,19,23). The van der Waals surface area contributed by atoms with Crippen molar-refractivity contribution in [2.24, 2.45) is 5.73 Å². The molecule has 10 heteroatoms. The van der Waals surface area contributed by atoms with Crippen molar-refractivity contribution in [2.45, 2.75) is 0 Å². The van der Waals surface area contributed by atoms with Gasteiger partial charge >= 0.3 is 6.09 Å². The molecular formula is C15H7BrFN5O3. The van der Waals surface area contributed by atoms with E-state index in [9.17, 15) is 9.18 Å². The van der Waals surface area contributed by atoms with Crippen molar-refractivity contribution in [2.75, 3.05) is 0 Å². The fraction of sp³-hybridized carbons (Fsp3) is 0. The zero-order valence-corrected chi connectivity index (χ0v) is 13.8. The van der Waals surface area contributed by atoms with Gasteiger partial charge < -0.3 is 15.0 Å². The van der Waals surface area contributed by atoms with Crippen LogP contribution in [0.4, 0.5) is 9.18 Å². The van der Waals surface area contributed by atoms with E-state index in [1.807, 2.05) is 0 Å². The number of benzene rings is 1. The van der Waals surface area contributed by atoms with Crippen molar-refractivity contribution in [3.63, 3.8) is 0 Å². The van der Waals surface area contributed by atoms with Gasteiger partial charge in [-0.3, -0.25) is 0 Å². The smallest absolute Gasteiger partial charge is 0.389 e. The van der Waals surface area contributed by atoms with Crippen LogP contribution in [0.2, 0.25) is 0 Å². The number of amides is 1. The molecule has 3 rings (SSSR count). The van der Waals surface area contributed by atoms with Crippen LogP contribution in [-0.2, 0) is 0 Å². The maximum absolute atomic E-state index is 13.7. The van der Waals surface area contributed by atoms with Gasteiger partial charge in [0, 0.05) is 11.6 Å². The average Bonchev–Trinajstić information content (AvgIpc) is 3.06. The minimum Gasteiger partial charge on any atom is -0.389 e. The Balaban J connectivity index is 2.02. The molecule has 0 spiro atoms. The third-order valence-electron chi connectivity index (χ3n) is 3.04. The first-order valence-corrected chi connectivity index (χ1v) is 7.44. The zero-order chi connectivity index (χ0) is 18.0. The largest absolute Gasteiger partial charge is 0.411 e. The van der Waals surface area contributed by atoms with E-state index in [0.717, 1.165) is 6.07 Å². The Bertz CT molecular complexity index is 1010. The summed E-state index contributed by atoms with van der Waals surface area (Å²) in [5.41, 5.74) is 5.69. The Labute approximate surface area is 148 Å². The molecule has 2 aromatic heterocycles. The molecule has 0 aliphatic heterocycles. The molecule has 0 saturated carbocycles. The van der Waals surface area contributed by atoms with E-state index in [1.165, 1.54) is 24.4 Å². The van der Waals surface area contributed by atoms with E-state index >= 15 is 0 Å².